The van der Waals surface area contributed by atoms with Crippen LogP contribution in [-0.2, 0) is 13.1 Å². The number of hydrogen-bond donors (Lipinski definition) is 0. The lowest BCUT2D eigenvalue weighted by Crippen LogP contribution is -2.34. The first kappa shape index (κ1) is 8.33. The van der Waals surface area contributed by atoms with Gasteiger partial charge in [0, 0.05) is 38.4 Å². The van der Waals surface area contributed by atoms with Gasteiger partial charge in [0.15, 0.2) is 0 Å². The Bertz CT molecular complexity index is 321. The normalized spacial score (nSPS) is 16.5. The minimum atomic E-state index is 0.834. The topological polar surface area (TPSA) is 21.1 Å². The first-order valence-corrected chi connectivity index (χ1v) is 4.56. The molecule has 2 rings (SSSR count). The van der Waals surface area contributed by atoms with E-state index in [1.54, 1.807) is 0 Å². The van der Waals surface area contributed by atoms with Crippen molar-refractivity contribution in [1.29, 1.82) is 0 Å². The van der Waals surface area contributed by atoms with Crippen molar-refractivity contribution < 1.29 is 0 Å². The fourth-order valence-corrected chi connectivity index (χ4v) is 1.64. The van der Waals surface area contributed by atoms with Gasteiger partial charge in [0.05, 0.1) is 6.54 Å². The first-order chi connectivity index (χ1) is 6.40. The molecule has 0 saturated heterocycles. The number of fused-ring (bicyclic) bond motifs is 1. The zero-order chi connectivity index (χ0) is 9.10. The maximum absolute atomic E-state index is 5.22. The highest BCUT2D eigenvalue weighted by Gasteiger charge is 2.14. The average molecular weight is 175 g/mol. The lowest BCUT2D eigenvalue weighted by atomic mass is 10.3. The monoisotopic (exact) mass is 175 g/mol. The Labute approximate surface area is 78.4 Å². The highest BCUT2D eigenvalue weighted by Crippen LogP contribution is 2.09. The van der Waals surface area contributed by atoms with E-state index in [1.807, 2.05) is 12.4 Å². The summed E-state index contributed by atoms with van der Waals surface area (Å²) >= 11 is 0. The summed E-state index contributed by atoms with van der Waals surface area (Å²) in [6.07, 6.45) is 9.95. The number of nitrogens with zero attached hydrogens (tertiary/aromatic N) is 3. The van der Waals surface area contributed by atoms with Gasteiger partial charge in [-0.1, -0.05) is 0 Å². The SMILES string of the molecule is C#CCCN1CCn2ccnc2C1. The van der Waals surface area contributed by atoms with Crippen molar-refractivity contribution in [3.8, 4) is 12.3 Å². The van der Waals surface area contributed by atoms with E-state index in [1.165, 1.54) is 0 Å². The minimum absolute atomic E-state index is 0.834. The Morgan fingerprint density at radius 2 is 2.46 bits per heavy atom. The molecule has 0 bridgehead atoms. The molecule has 13 heavy (non-hydrogen) atoms. The molecule has 0 aromatic carbocycles. The van der Waals surface area contributed by atoms with Crippen LogP contribution < -0.4 is 0 Å². The Balaban J connectivity index is 1.97. The van der Waals surface area contributed by atoms with E-state index in [0.717, 1.165) is 38.4 Å². The van der Waals surface area contributed by atoms with Gasteiger partial charge < -0.3 is 4.57 Å². The van der Waals surface area contributed by atoms with E-state index >= 15 is 0 Å². The number of aromatic nitrogens is 2. The molecule has 3 nitrogen and oxygen atoms in total. The zero-order valence-electron chi connectivity index (χ0n) is 7.61. The molecular weight excluding hydrogens is 162 g/mol. The smallest absolute Gasteiger partial charge is 0.122 e. The van der Waals surface area contributed by atoms with Crippen LogP contribution in [0.25, 0.3) is 0 Å². The molecule has 0 N–H and O–H groups in total. The van der Waals surface area contributed by atoms with E-state index in [0.29, 0.717) is 0 Å². The highest BCUT2D eigenvalue weighted by atomic mass is 15.2. The number of hydrogen-bond acceptors (Lipinski definition) is 2. The number of terminal acetylenes is 1. The van der Waals surface area contributed by atoms with E-state index in [-0.39, 0.29) is 0 Å². The second kappa shape index (κ2) is 3.63. The molecule has 0 fully saturated rings. The predicted octanol–water partition coefficient (Wildman–Crippen LogP) is 0.722. The van der Waals surface area contributed by atoms with E-state index in [2.05, 4.69) is 20.4 Å². The van der Waals surface area contributed by atoms with Crippen LogP contribution in [0, 0.1) is 12.3 Å². The number of imidazole rings is 1. The standard InChI is InChI=1S/C10H13N3/c1-2-3-5-12-7-8-13-6-4-11-10(13)9-12/h1,4,6H,3,5,7-9H2. The molecule has 1 aliphatic heterocycles. The largest absolute Gasteiger partial charge is 0.333 e. The fourth-order valence-electron chi connectivity index (χ4n) is 1.64. The average Bonchev–Trinajstić information content (AvgIpc) is 2.61. The lowest BCUT2D eigenvalue weighted by molar-refractivity contribution is 0.222. The van der Waals surface area contributed by atoms with Crippen molar-refractivity contribution in [3.63, 3.8) is 0 Å². The summed E-state index contributed by atoms with van der Waals surface area (Å²) in [6, 6.07) is 0. The summed E-state index contributed by atoms with van der Waals surface area (Å²) < 4.78 is 2.20. The van der Waals surface area contributed by atoms with Gasteiger partial charge in [-0.2, -0.15) is 0 Å². The van der Waals surface area contributed by atoms with Gasteiger partial charge in [-0.25, -0.2) is 4.98 Å². The predicted molar refractivity (Wildman–Crippen MR) is 51.0 cm³/mol. The summed E-state index contributed by atoms with van der Waals surface area (Å²) in [5.41, 5.74) is 0. The van der Waals surface area contributed by atoms with Crippen molar-refractivity contribution in [2.24, 2.45) is 0 Å². The molecule has 1 aliphatic rings. The molecule has 0 atom stereocenters. The highest BCUT2D eigenvalue weighted by molar-refractivity contribution is 4.96. The Morgan fingerprint density at radius 1 is 1.54 bits per heavy atom. The second-order valence-corrected chi connectivity index (χ2v) is 3.27. The van der Waals surface area contributed by atoms with E-state index < -0.39 is 0 Å². The molecule has 0 aliphatic carbocycles. The molecular formula is C10H13N3. The minimum Gasteiger partial charge on any atom is -0.333 e. The lowest BCUT2D eigenvalue weighted by Gasteiger charge is -2.26. The van der Waals surface area contributed by atoms with Gasteiger partial charge >= 0.3 is 0 Å². The van der Waals surface area contributed by atoms with Gasteiger partial charge in [-0.05, 0) is 0 Å². The van der Waals surface area contributed by atoms with Crippen LogP contribution in [0.3, 0.4) is 0 Å². The summed E-state index contributed by atoms with van der Waals surface area (Å²) in [5.74, 6) is 3.82. The summed E-state index contributed by atoms with van der Waals surface area (Å²) in [5, 5.41) is 0. The number of rotatable bonds is 2. The van der Waals surface area contributed by atoms with Gasteiger partial charge in [-0.3, -0.25) is 4.90 Å². The van der Waals surface area contributed by atoms with Crippen LogP contribution in [0.1, 0.15) is 12.2 Å². The molecule has 1 aromatic heterocycles. The Morgan fingerprint density at radius 3 is 3.31 bits per heavy atom. The van der Waals surface area contributed by atoms with Crippen LogP contribution in [0.4, 0.5) is 0 Å². The van der Waals surface area contributed by atoms with Crippen molar-refractivity contribution in [2.45, 2.75) is 19.5 Å². The van der Waals surface area contributed by atoms with Gasteiger partial charge in [0.2, 0.25) is 0 Å². The van der Waals surface area contributed by atoms with Gasteiger partial charge in [-0.15, -0.1) is 12.3 Å². The summed E-state index contributed by atoms with van der Waals surface area (Å²) in [6.45, 7) is 4.06. The zero-order valence-corrected chi connectivity index (χ0v) is 7.61. The third-order valence-corrected chi connectivity index (χ3v) is 2.40. The van der Waals surface area contributed by atoms with Crippen molar-refractivity contribution in [2.75, 3.05) is 13.1 Å². The van der Waals surface area contributed by atoms with Crippen LogP contribution >= 0.6 is 0 Å². The van der Waals surface area contributed by atoms with Crippen molar-refractivity contribution in [1.82, 2.24) is 14.5 Å². The summed E-state index contributed by atoms with van der Waals surface area (Å²) in [7, 11) is 0. The van der Waals surface area contributed by atoms with Crippen LogP contribution in [0.2, 0.25) is 0 Å². The fraction of sp³-hybridized carbons (Fsp3) is 0.500. The maximum Gasteiger partial charge on any atom is 0.122 e. The van der Waals surface area contributed by atoms with Crippen LogP contribution in [-0.4, -0.2) is 27.5 Å². The molecule has 3 heteroatoms. The summed E-state index contributed by atoms with van der Waals surface area (Å²) in [4.78, 5) is 6.63. The van der Waals surface area contributed by atoms with Crippen LogP contribution in [0.15, 0.2) is 12.4 Å². The Hall–Kier alpha value is -1.27. The molecule has 0 saturated carbocycles. The third kappa shape index (κ3) is 1.73. The maximum atomic E-state index is 5.22. The quantitative estimate of drug-likeness (QED) is 0.618. The molecule has 0 radical (unpaired) electrons. The van der Waals surface area contributed by atoms with Gasteiger partial charge in [0.25, 0.3) is 0 Å². The first-order valence-electron chi connectivity index (χ1n) is 4.56. The van der Waals surface area contributed by atoms with Crippen LogP contribution in [0.5, 0.6) is 0 Å². The molecule has 2 heterocycles. The molecule has 1 aromatic rings. The van der Waals surface area contributed by atoms with E-state index in [4.69, 9.17) is 6.42 Å². The molecule has 0 unspecified atom stereocenters. The van der Waals surface area contributed by atoms with Gasteiger partial charge in [0.1, 0.15) is 5.82 Å². The third-order valence-electron chi connectivity index (χ3n) is 2.40. The second-order valence-electron chi connectivity index (χ2n) is 3.27. The molecule has 68 valence electrons. The van der Waals surface area contributed by atoms with E-state index in [9.17, 15) is 0 Å². The molecule has 0 spiro atoms. The van der Waals surface area contributed by atoms with Crippen molar-refractivity contribution in [3.05, 3.63) is 18.2 Å². The Kier molecular flexibility index (Phi) is 2.33. The molecule has 0 amide bonds. The van der Waals surface area contributed by atoms with Crippen molar-refractivity contribution >= 4 is 0 Å².